The third-order valence-corrected chi connectivity index (χ3v) is 10.9. The average molecular weight is 664 g/mol. The highest BCUT2D eigenvalue weighted by Gasteiger charge is 2.42. The number of hydrogen-bond donors (Lipinski definition) is 1. The van der Waals surface area contributed by atoms with E-state index in [0.29, 0.717) is 0 Å². The second-order valence-electron chi connectivity index (χ2n) is 14.3. The first-order valence-corrected chi connectivity index (χ1v) is 18.7. The fourth-order valence-electron chi connectivity index (χ4n) is 8.21. The Bertz CT molecular complexity index is 2340. The van der Waals surface area contributed by atoms with E-state index in [0.717, 1.165) is 11.4 Å². The minimum atomic E-state index is -0.107. The first-order chi connectivity index (χ1) is 24.8. The van der Waals surface area contributed by atoms with E-state index in [4.69, 9.17) is 0 Å². The van der Waals surface area contributed by atoms with Gasteiger partial charge in [-0.25, -0.2) is 0 Å². The molecule has 0 fully saturated rings. The van der Waals surface area contributed by atoms with Crippen LogP contribution in [0.25, 0.3) is 55.3 Å². The number of hydrogen-bond acceptors (Lipinski definition) is 1. The van der Waals surface area contributed by atoms with E-state index in [2.05, 4.69) is 179 Å². The largest absolute Gasteiger partial charge is 0.356 e. The van der Waals surface area contributed by atoms with Gasteiger partial charge in [-0.1, -0.05) is 165 Å². The van der Waals surface area contributed by atoms with Crippen LogP contribution in [-0.4, -0.2) is 0 Å². The molecule has 1 N–H and O–H groups in total. The Hall–Kier alpha value is -5.40. The molecule has 1 nitrogen and oxygen atoms in total. The second kappa shape index (κ2) is 13.4. The molecule has 2 aliphatic rings. The molecule has 51 heavy (non-hydrogen) atoms. The molecule has 9 rings (SSSR count). The number of nitrogens with one attached hydrogen (secondary N) is 1. The van der Waals surface area contributed by atoms with Gasteiger partial charge in [-0.3, -0.25) is 0 Å². The quantitative estimate of drug-likeness (QED) is 0.198. The van der Waals surface area contributed by atoms with Crippen LogP contribution < -0.4 is 5.32 Å². The summed E-state index contributed by atoms with van der Waals surface area (Å²) in [6, 6.07) is 53.6. The second-order valence-corrected chi connectivity index (χ2v) is 14.3. The van der Waals surface area contributed by atoms with Crippen LogP contribution in [0, 0.1) is 0 Å². The van der Waals surface area contributed by atoms with E-state index in [1.165, 1.54) is 77.5 Å². The van der Waals surface area contributed by atoms with Gasteiger partial charge >= 0.3 is 0 Å². The third kappa shape index (κ3) is 5.66. The molecule has 0 saturated heterocycles. The molecular weight excluding hydrogens is 615 g/mol. The Labute approximate surface area is 305 Å². The molecule has 0 spiro atoms. The highest BCUT2D eigenvalue weighted by atomic mass is 14.9. The first kappa shape index (κ1) is 34.1. The number of fused-ring (bicyclic) bond motifs is 8. The van der Waals surface area contributed by atoms with Crippen molar-refractivity contribution in [2.45, 2.75) is 66.2 Å². The molecule has 0 atom stereocenters. The lowest BCUT2D eigenvalue weighted by atomic mass is 9.79. The van der Waals surface area contributed by atoms with Crippen LogP contribution in [0.5, 0.6) is 0 Å². The summed E-state index contributed by atoms with van der Waals surface area (Å²) in [5.41, 5.74) is 18.2. The van der Waals surface area contributed by atoms with Gasteiger partial charge in [-0.05, 0) is 114 Å². The summed E-state index contributed by atoms with van der Waals surface area (Å²) in [5.74, 6) is 0. The fraction of sp³-hybridized carbons (Fsp3) is 0.200. The first-order valence-electron chi connectivity index (χ1n) is 18.7. The molecule has 7 aromatic carbocycles. The van der Waals surface area contributed by atoms with Gasteiger partial charge in [0.15, 0.2) is 0 Å². The van der Waals surface area contributed by atoms with Gasteiger partial charge in [0.2, 0.25) is 0 Å². The van der Waals surface area contributed by atoms with Crippen LogP contribution in [0.1, 0.15) is 77.6 Å². The van der Waals surface area contributed by atoms with Crippen molar-refractivity contribution in [2.24, 2.45) is 0 Å². The van der Waals surface area contributed by atoms with Gasteiger partial charge in [0.25, 0.3) is 0 Å². The summed E-state index contributed by atoms with van der Waals surface area (Å²) >= 11 is 0. The topological polar surface area (TPSA) is 12.0 Å². The molecule has 1 heteroatoms. The van der Waals surface area contributed by atoms with Gasteiger partial charge < -0.3 is 5.32 Å². The van der Waals surface area contributed by atoms with Gasteiger partial charge in [-0.15, -0.1) is 0 Å². The SMILES string of the molecule is CC.CC.CC1(C)c2cc(Nc3ccc(-c4ccc(-c5ccccc5)cc4)cc3)ccc2-c2cc3c(cc21)-c1c(ccc2ccccc12)C3(C)C. The lowest BCUT2D eigenvalue weighted by Crippen LogP contribution is -2.17. The third-order valence-electron chi connectivity index (χ3n) is 10.9. The van der Waals surface area contributed by atoms with Crippen molar-refractivity contribution in [3.63, 3.8) is 0 Å². The van der Waals surface area contributed by atoms with Crippen molar-refractivity contribution in [1.82, 2.24) is 0 Å². The Morgan fingerprint density at radius 1 is 0.373 bits per heavy atom. The van der Waals surface area contributed by atoms with Crippen LogP contribution >= 0.6 is 0 Å². The molecule has 0 heterocycles. The maximum absolute atomic E-state index is 3.70. The molecular formula is C50H49N. The van der Waals surface area contributed by atoms with E-state index in [-0.39, 0.29) is 10.8 Å². The molecule has 0 saturated carbocycles. The summed E-state index contributed by atoms with van der Waals surface area (Å²) in [6.07, 6.45) is 0. The van der Waals surface area contributed by atoms with Crippen LogP contribution in [0.4, 0.5) is 11.4 Å². The highest BCUT2D eigenvalue weighted by molar-refractivity contribution is 6.03. The molecule has 0 aromatic heterocycles. The van der Waals surface area contributed by atoms with Crippen LogP contribution in [0.15, 0.2) is 146 Å². The standard InChI is InChI=1S/C46H37N.2C2H6/c1-45(2)40-25-20-33-12-8-9-13-36(33)44(40)39-28-42-38(27-43(39)45)37-24-23-35(26-41(37)46(42,3)4)47-34-21-18-32(19-22-34)31-16-14-30(15-17-31)29-10-6-5-7-11-29;2*1-2/h5-28,47H,1-4H3;2*1-2H3. The minimum Gasteiger partial charge on any atom is -0.356 e. The van der Waals surface area contributed by atoms with Crippen LogP contribution in [0.2, 0.25) is 0 Å². The van der Waals surface area contributed by atoms with Gasteiger partial charge in [-0.2, -0.15) is 0 Å². The van der Waals surface area contributed by atoms with Crippen molar-refractivity contribution in [1.29, 1.82) is 0 Å². The Morgan fingerprint density at radius 2 is 0.863 bits per heavy atom. The van der Waals surface area contributed by atoms with Crippen molar-refractivity contribution in [3.05, 3.63) is 168 Å². The molecule has 0 aliphatic heterocycles. The fourth-order valence-corrected chi connectivity index (χ4v) is 8.21. The molecule has 0 unspecified atom stereocenters. The average Bonchev–Trinajstić information content (AvgIpc) is 3.55. The monoisotopic (exact) mass is 663 g/mol. The van der Waals surface area contributed by atoms with Gasteiger partial charge in [0.1, 0.15) is 0 Å². The maximum atomic E-state index is 3.70. The maximum Gasteiger partial charge on any atom is 0.0387 e. The lowest BCUT2D eigenvalue weighted by Gasteiger charge is -2.24. The molecule has 7 aromatic rings. The summed E-state index contributed by atoms with van der Waals surface area (Å²) < 4.78 is 0. The predicted octanol–water partition coefficient (Wildman–Crippen LogP) is 14.6. The Morgan fingerprint density at radius 3 is 1.53 bits per heavy atom. The van der Waals surface area contributed by atoms with Crippen molar-refractivity contribution in [2.75, 3.05) is 5.32 Å². The van der Waals surface area contributed by atoms with Gasteiger partial charge in [0, 0.05) is 22.2 Å². The molecule has 0 bridgehead atoms. The lowest BCUT2D eigenvalue weighted by molar-refractivity contribution is 0.652. The van der Waals surface area contributed by atoms with E-state index in [9.17, 15) is 0 Å². The predicted molar refractivity (Wildman–Crippen MR) is 222 cm³/mol. The summed E-state index contributed by atoms with van der Waals surface area (Å²) in [4.78, 5) is 0. The smallest absolute Gasteiger partial charge is 0.0387 e. The van der Waals surface area contributed by atoms with E-state index < -0.39 is 0 Å². The van der Waals surface area contributed by atoms with E-state index in [1.54, 1.807) is 0 Å². The molecule has 0 radical (unpaired) electrons. The number of benzene rings is 7. The van der Waals surface area contributed by atoms with E-state index in [1.807, 2.05) is 27.7 Å². The summed E-state index contributed by atoms with van der Waals surface area (Å²) in [5, 5.41) is 6.36. The summed E-state index contributed by atoms with van der Waals surface area (Å²) in [6.45, 7) is 17.5. The number of anilines is 2. The summed E-state index contributed by atoms with van der Waals surface area (Å²) in [7, 11) is 0. The number of rotatable bonds is 4. The zero-order chi connectivity index (χ0) is 35.9. The Balaban J connectivity index is 0.000000983. The van der Waals surface area contributed by atoms with Crippen LogP contribution in [-0.2, 0) is 10.8 Å². The van der Waals surface area contributed by atoms with Crippen molar-refractivity contribution in [3.8, 4) is 44.5 Å². The zero-order valence-electron chi connectivity index (χ0n) is 31.4. The highest BCUT2D eigenvalue weighted by Crippen LogP contribution is 2.57. The van der Waals surface area contributed by atoms with Crippen molar-refractivity contribution >= 4 is 22.1 Å². The molecule has 2 aliphatic carbocycles. The van der Waals surface area contributed by atoms with Crippen LogP contribution in [0.3, 0.4) is 0 Å². The molecule has 254 valence electrons. The van der Waals surface area contributed by atoms with Crippen molar-refractivity contribution < 1.29 is 0 Å². The normalized spacial score (nSPS) is 13.8. The Kier molecular flexibility index (Phi) is 8.94. The molecule has 0 amide bonds. The zero-order valence-corrected chi connectivity index (χ0v) is 31.4. The van der Waals surface area contributed by atoms with E-state index >= 15 is 0 Å². The minimum absolute atomic E-state index is 0.0474. The van der Waals surface area contributed by atoms with Gasteiger partial charge in [0.05, 0.1) is 0 Å².